The lowest BCUT2D eigenvalue weighted by atomic mass is 10.1. The smallest absolute Gasteiger partial charge is 0.161 e. The molecule has 2 N–H and O–H groups in total. The van der Waals surface area contributed by atoms with Crippen LogP contribution in [0.2, 0.25) is 0 Å². The number of methoxy groups -OCH3 is 1. The second-order valence-corrected chi connectivity index (χ2v) is 5.90. The van der Waals surface area contributed by atoms with Crippen molar-refractivity contribution in [1.29, 1.82) is 0 Å². The van der Waals surface area contributed by atoms with E-state index in [4.69, 9.17) is 26.2 Å². The fourth-order valence-corrected chi connectivity index (χ4v) is 2.24. The van der Waals surface area contributed by atoms with E-state index in [1.165, 1.54) is 6.07 Å². The molecule has 5 nitrogen and oxygen atoms in total. The van der Waals surface area contributed by atoms with Crippen LogP contribution >= 0.6 is 0 Å². The highest BCUT2D eigenvalue weighted by Crippen LogP contribution is 2.30. The molecule has 1 aromatic carbocycles. The summed E-state index contributed by atoms with van der Waals surface area (Å²) < 4.78 is 90.2. The highest BCUT2D eigenvalue weighted by Gasteiger charge is 2.15. The van der Waals surface area contributed by atoms with Crippen LogP contribution in [0.3, 0.4) is 0 Å². The predicted molar refractivity (Wildman–Crippen MR) is 70.8 cm³/mol. The standard InChI is InChI=1S/C12H19NO4S/c1-4-17-12-7-9(5-6-11(12)16-2)10(13)8-18(3,14)15/h5-7,10H,4,8,13H2,1-3H3/t10-/m1/s1/i1D3,2D3,4D2. The third-order valence-electron chi connectivity index (χ3n) is 2.15. The molecule has 102 valence electrons. The zero-order valence-corrected chi connectivity index (χ0v) is 10.5. The molecular weight excluding hydrogens is 254 g/mol. The van der Waals surface area contributed by atoms with Gasteiger partial charge in [-0.15, -0.1) is 0 Å². The highest BCUT2D eigenvalue weighted by atomic mass is 32.2. The van der Waals surface area contributed by atoms with Crippen LogP contribution in [0.25, 0.3) is 0 Å². The van der Waals surface area contributed by atoms with Gasteiger partial charge in [-0.1, -0.05) is 6.07 Å². The van der Waals surface area contributed by atoms with Crippen LogP contribution in [-0.2, 0) is 9.84 Å². The maximum atomic E-state index is 11.4. The van der Waals surface area contributed by atoms with Crippen molar-refractivity contribution >= 4 is 9.84 Å². The molecule has 0 fully saturated rings. The van der Waals surface area contributed by atoms with E-state index in [1.54, 1.807) is 0 Å². The predicted octanol–water partition coefficient (Wildman–Crippen LogP) is 1.14. The van der Waals surface area contributed by atoms with Crippen LogP contribution in [0.5, 0.6) is 11.5 Å². The average Bonchev–Trinajstić information content (AvgIpc) is 2.35. The fraction of sp³-hybridized carbons (Fsp3) is 0.500. The van der Waals surface area contributed by atoms with Gasteiger partial charge >= 0.3 is 0 Å². The number of hydrogen-bond acceptors (Lipinski definition) is 5. The summed E-state index contributed by atoms with van der Waals surface area (Å²) in [5.74, 6) is -1.39. The maximum absolute atomic E-state index is 11.4. The summed E-state index contributed by atoms with van der Waals surface area (Å²) in [5.41, 5.74) is 5.96. The van der Waals surface area contributed by atoms with Crippen LogP contribution in [-0.4, -0.2) is 34.0 Å². The Morgan fingerprint density at radius 2 is 2.28 bits per heavy atom. The van der Waals surface area contributed by atoms with E-state index >= 15 is 0 Å². The van der Waals surface area contributed by atoms with E-state index in [9.17, 15) is 8.42 Å². The number of ether oxygens (including phenoxy) is 2. The Bertz CT molecular complexity index is 745. The molecule has 0 aliphatic rings. The molecule has 18 heavy (non-hydrogen) atoms. The average molecular weight is 281 g/mol. The molecule has 0 saturated carbocycles. The van der Waals surface area contributed by atoms with E-state index in [0.717, 1.165) is 18.4 Å². The number of nitrogens with two attached hydrogens (primary N) is 1. The number of hydrogen-bond donors (Lipinski definition) is 1. The molecule has 0 heterocycles. The largest absolute Gasteiger partial charge is 0.493 e. The fourth-order valence-electron chi connectivity index (χ4n) is 1.40. The van der Waals surface area contributed by atoms with Crippen LogP contribution in [0.1, 0.15) is 29.4 Å². The quantitative estimate of drug-likeness (QED) is 0.846. The monoisotopic (exact) mass is 281 g/mol. The molecule has 1 aromatic rings. The Balaban J connectivity index is 3.34. The summed E-state index contributed by atoms with van der Waals surface area (Å²) >= 11 is 0. The van der Waals surface area contributed by atoms with Gasteiger partial charge in [-0.05, 0) is 24.5 Å². The first-order valence-corrected chi connectivity index (χ1v) is 6.93. The van der Waals surface area contributed by atoms with Crippen molar-refractivity contribution in [3.63, 3.8) is 0 Å². The minimum absolute atomic E-state index is 0.171. The van der Waals surface area contributed by atoms with Crippen LogP contribution in [0, 0.1) is 0 Å². The highest BCUT2D eigenvalue weighted by molar-refractivity contribution is 7.90. The Hall–Kier alpha value is -1.27. The molecule has 0 spiro atoms. The summed E-state index contributed by atoms with van der Waals surface area (Å²) in [7, 11) is -6.33. The van der Waals surface area contributed by atoms with Gasteiger partial charge in [0.2, 0.25) is 0 Å². The van der Waals surface area contributed by atoms with E-state index in [2.05, 4.69) is 0 Å². The summed E-state index contributed by atoms with van der Waals surface area (Å²) in [4.78, 5) is 0. The molecule has 0 unspecified atom stereocenters. The molecule has 6 heteroatoms. The molecule has 0 bridgehead atoms. The molecule has 0 amide bonds. The van der Waals surface area contributed by atoms with Crippen molar-refractivity contribution in [2.75, 3.05) is 25.6 Å². The van der Waals surface area contributed by atoms with E-state index < -0.39 is 53.6 Å². The summed E-state index contributed by atoms with van der Waals surface area (Å²) in [6.45, 7) is -6.32. The maximum Gasteiger partial charge on any atom is 0.161 e. The molecule has 0 aromatic heterocycles. The third kappa shape index (κ3) is 4.19. The van der Waals surface area contributed by atoms with E-state index in [-0.39, 0.29) is 5.56 Å². The Kier molecular flexibility index (Phi) is 2.28. The Morgan fingerprint density at radius 3 is 2.89 bits per heavy atom. The Labute approximate surface area is 119 Å². The van der Waals surface area contributed by atoms with E-state index in [1.807, 2.05) is 0 Å². The number of benzene rings is 1. The number of rotatable bonds is 6. The minimum Gasteiger partial charge on any atom is -0.493 e. The first kappa shape index (κ1) is 6.77. The van der Waals surface area contributed by atoms with Crippen molar-refractivity contribution < 1.29 is 28.9 Å². The second-order valence-electron chi connectivity index (χ2n) is 3.71. The Morgan fingerprint density at radius 1 is 1.50 bits per heavy atom. The van der Waals surface area contributed by atoms with Gasteiger partial charge in [-0.25, -0.2) is 8.42 Å². The molecule has 0 saturated heterocycles. The van der Waals surface area contributed by atoms with E-state index in [0.29, 0.717) is 0 Å². The lowest BCUT2D eigenvalue weighted by Crippen LogP contribution is -2.20. The minimum atomic E-state index is -3.43. The zero-order valence-electron chi connectivity index (χ0n) is 17.6. The lowest BCUT2D eigenvalue weighted by Gasteiger charge is -2.15. The molecular formula is C12H19NO4S. The van der Waals surface area contributed by atoms with Crippen LogP contribution < -0.4 is 15.2 Å². The topological polar surface area (TPSA) is 78.6 Å². The first-order chi connectivity index (χ1) is 11.4. The first-order valence-electron chi connectivity index (χ1n) is 8.87. The van der Waals surface area contributed by atoms with Gasteiger partial charge in [0.15, 0.2) is 11.5 Å². The SMILES string of the molecule is [2H]C([2H])([2H])Oc1ccc([C@H](N)CS(C)(=O)=O)cc1OC([2H])([2H])C([2H])([2H])[2H]. The van der Waals surface area contributed by atoms with Crippen molar-refractivity contribution in [3.8, 4) is 11.5 Å². The van der Waals surface area contributed by atoms with Gasteiger partial charge in [-0.2, -0.15) is 0 Å². The summed E-state index contributed by atoms with van der Waals surface area (Å²) in [6.07, 6.45) is 0.976. The summed E-state index contributed by atoms with van der Waals surface area (Å²) in [5, 5.41) is 0. The van der Waals surface area contributed by atoms with Crippen molar-refractivity contribution in [2.45, 2.75) is 12.9 Å². The normalized spacial score (nSPS) is 21.9. The number of sulfone groups is 1. The zero-order chi connectivity index (χ0) is 20.6. The van der Waals surface area contributed by atoms with Crippen molar-refractivity contribution in [1.82, 2.24) is 0 Å². The molecule has 1 rings (SSSR count). The molecule has 1 atom stereocenters. The van der Waals surface area contributed by atoms with Crippen LogP contribution in [0.15, 0.2) is 18.2 Å². The van der Waals surface area contributed by atoms with Gasteiger partial charge in [0.1, 0.15) is 9.84 Å². The van der Waals surface area contributed by atoms with Gasteiger partial charge < -0.3 is 15.2 Å². The van der Waals surface area contributed by atoms with Gasteiger partial charge in [0.05, 0.1) is 26.2 Å². The van der Waals surface area contributed by atoms with Crippen molar-refractivity contribution in [3.05, 3.63) is 23.8 Å². The lowest BCUT2D eigenvalue weighted by molar-refractivity contribution is 0.310. The van der Waals surface area contributed by atoms with Crippen LogP contribution in [0.4, 0.5) is 0 Å². The van der Waals surface area contributed by atoms with Gasteiger partial charge in [0.25, 0.3) is 0 Å². The molecule has 0 radical (unpaired) electrons. The second kappa shape index (κ2) is 6.06. The van der Waals surface area contributed by atoms with Gasteiger partial charge in [0, 0.05) is 16.4 Å². The third-order valence-corrected chi connectivity index (χ3v) is 3.11. The van der Waals surface area contributed by atoms with Gasteiger partial charge in [-0.3, -0.25) is 0 Å². The molecule has 0 aliphatic carbocycles. The van der Waals surface area contributed by atoms with Crippen molar-refractivity contribution in [2.24, 2.45) is 5.73 Å². The summed E-state index contributed by atoms with van der Waals surface area (Å²) in [6, 6.07) is 2.41. The molecule has 0 aliphatic heterocycles.